The topological polar surface area (TPSA) is 38.5 Å². The van der Waals surface area contributed by atoms with E-state index in [4.69, 9.17) is 10.5 Å². The van der Waals surface area contributed by atoms with Crippen LogP contribution in [0.5, 0.6) is 0 Å². The van der Waals surface area contributed by atoms with Crippen molar-refractivity contribution in [1.29, 1.82) is 0 Å². The summed E-state index contributed by atoms with van der Waals surface area (Å²) in [4.78, 5) is 2.28. The van der Waals surface area contributed by atoms with Gasteiger partial charge in [-0.2, -0.15) is 0 Å². The summed E-state index contributed by atoms with van der Waals surface area (Å²) in [5, 5.41) is 0. The van der Waals surface area contributed by atoms with Gasteiger partial charge in [0.15, 0.2) is 0 Å². The molecule has 3 nitrogen and oxygen atoms in total. The maximum atomic E-state index is 6.01. The van der Waals surface area contributed by atoms with Crippen molar-refractivity contribution < 1.29 is 4.74 Å². The van der Waals surface area contributed by atoms with Crippen molar-refractivity contribution in [1.82, 2.24) is 0 Å². The third kappa shape index (κ3) is 2.05. The average Bonchev–Trinajstić information content (AvgIpc) is 2.71. The van der Waals surface area contributed by atoms with E-state index in [9.17, 15) is 0 Å². The minimum atomic E-state index is -0.0603. The van der Waals surface area contributed by atoms with Gasteiger partial charge in [-0.15, -0.1) is 0 Å². The Labute approximate surface area is 104 Å². The van der Waals surface area contributed by atoms with Crippen LogP contribution in [-0.2, 0) is 4.74 Å². The standard InChI is InChI=1S/C14H22N2O/c1-11-4-6-13(7-5-11)16(3)14(10-15)8-9-17-12(14)2/h4-7,12H,8-10,15H2,1-3H3. The molecule has 17 heavy (non-hydrogen) atoms. The first-order valence-corrected chi connectivity index (χ1v) is 6.22. The minimum absolute atomic E-state index is 0.0603. The highest BCUT2D eigenvalue weighted by Crippen LogP contribution is 2.33. The van der Waals surface area contributed by atoms with Gasteiger partial charge in [-0.25, -0.2) is 0 Å². The first-order valence-electron chi connectivity index (χ1n) is 6.22. The molecule has 1 aliphatic rings. The zero-order chi connectivity index (χ0) is 12.5. The fourth-order valence-electron chi connectivity index (χ4n) is 2.64. The quantitative estimate of drug-likeness (QED) is 0.868. The summed E-state index contributed by atoms with van der Waals surface area (Å²) in [6, 6.07) is 8.57. The van der Waals surface area contributed by atoms with E-state index in [0.29, 0.717) is 6.54 Å². The molecular formula is C14H22N2O. The number of anilines is 1. The van der Waals surface area contributed by atoms with Crippen molar-refractivity contribution in [2.45, 2.75) is 31.9 Å². The minimum Gasteiger partial charge on any atom is -0.376 e. The monoisotopic (exact) mass is 234 g/mol. The molecular weight excluding hydrogens is 212 g/mol. The molecule has 0 amide bonds. The Bertz CT molecular complexity index is 376. The number of ether oxygens (including phenoxy) is 1. The van der Waals surface area contributed by atoms with E-state index in [1.54, 1.807) is 0 Å². The van der Waals surface area contributed by atoms with E-state index in [-0.39, 0.29) is 11.6 Å². The average molecular weight is 234 g/mol. The predicted molar refractivity (Wildman–Crippen MR) is 71.4 cm³/mol. The highest BCUT2D eigenvalue weighted by molar-refractivity contribution is 5.50. The fraction of sp³-hybridized carbons (Fsp3) is 0.571. The molecule has 2 rings (SSSR count). The Hall–Kier alpha value is -1.06. The second kappa shape index (κ2) is 4.67. The Morgan fingerprint density at radius 2 is 2.06 bits per heavy atom. The van der Waals surface area contributed by atoms with Gasteiger partial charge in [0.25, 0.3) is 0 Å². The van der Waals surface area contributed by atoms with Crippen LogP contribution >= 0.6 is 0 Å². The van der Waals surface area contributed by atoms with Crippen molar-refractivity contribution in [3.8, 4) is 0 Å². The molecule has 1 aliphatic heterocycles. The molecule has 3 heteroatoms. The van der Waals surface area contributed by atoms with E-state index in [2.05, 4.69) is 50.1 Å². The van der Waals surface area contributed by atoms with E-state index < -0.39 is 0 Å². The van der Waals surface area contributed by atoms with Crippen molar-refractivity contribution in [2.75, 3.05) is 25.1 Å². The molecule has 0 aliphatic carbocycles. The fourth-order valence-corrected chi connectivity index (χ4v) is 2.64. The highest BCUT2D eigenvalue weighted by Gasteiger charge is 2.43. The Morgan fingerprint density at radius 1 is 1.41 bits per heavy atom. The summed E-state index contributed by atoms with van der Waals surface area (Å²) in [5.41, 5.74) is 8.43. The molecule has 1 saturated heterocycles. The summed E-state index contributed by atoms with van der Waals surface area (Å²) in [7, 11) is 2.11. The molecule has 1 aromatic rings. The third-order valence-corrected chi connectivity index (χ3v) is 4.10. The van der Waals surface area contributed by atoms with E-state index in [1.165, 1.54) is 11.3 Å². The van der Waals surface area contributed by atoms with Crippen LogP contribution in [0, 0.1) is 6.92 Å². The zero-order valence-corrected chi connectivity index (χ0v) is 10.9. The number of likely N-dealkylation sites (N-methyl/N-ethyl adjacent to an activating group) is 1. The van der Waals surface area contributed by atoms with Gasteiger partial charge in [-0.05, 0) is 32.4 Å². The molecule has 1 fully saturated rings. The number of hydrogen-bond acceptors (Lipinski definition) is 3. The molecule has 0 radical (unpaired) electrons. The van der Waals surface area contributed by atoms with Crippen LogP contribution in [0.4, 0.5) is 5.69 Å². The van der Waals surface area contributed by atoms with Gasteiger partial charge in [-0.1, -0.05) is 17.7 Å². The van der Waals surface area contributed by atoms with Gasteiger partial charge in [-0.3, -0.25) is 0 Å². The van der Waals surface area contributed by atoms with Crippen molar-refractivity contribution in [3.05, 3.63) is 29.8 Å². The van der Waals surface area contributed by atoms with Gasteiger partial charge in [0.05, 0.1) is 11.6 Å². The molecule has 0 spiro atoms. The second-order valence-electron chi connectivity index (χ2n) is 4.97. The van der Waals surface area contributed by atoms with Crippen LogP contribution < -0.4 is 10.6 Å². The summed E-state index contributed by atoms with van der Waals surface area (Å²) in [6.07, 6.45) is 1.17. The van der Waals surface area contributed by atoms with Crippen molar-refractivity contribution in [2.24, 2.45) is 5.73 Å². The summed E-state index contributed by atoms with van der Waals surface area (Å²) >= 11 is 0. The molecule has 94 valence electrons. The number of rotatable bonds is 3. The van der Waals surface area contributed by atoms with E-state index >= 15 is 0 Å². The lowest BCUT2D eigenvalue weighted by Gasteiger charge is -2.41. The van der Waals surface area contributed by atoms with E-state index in [1.807, 2.05) is 0 Å². The van der Waals surface area contributed by atoms with Gasteiger partial charge < -0.3 is 15.4 Å². The number of nitrogens with zero attached hydrogens (tertiary/aromatic N) is 1. The second-order valence-corrected chi connectivity index (χ2v) is 4.97. The predicted octanol–water partition coefficient (Wildman–Crippen LogP) is 1.94. The molecule has 0 aromatic heterocycles. The SMILES string of the molecule is Cc1ccc(N(C)C2(CN)CCOC2C)cc1. The molecule has 1 heterocycles. The van der Waals surface area contributed by atoms with Gasteiger partial charge >= 0.3 is 0 Å². The molecule has 2 atom stereocenters. The molecule has 2 N–H and O–H groups in total. The third-order valence-electron chi connectivity index (χ3n) is 4.10. The van der Waals surface area contributed by atoms with Gasteiger partial charge in [0.1, 0.15) is 0 Å². The first-order chi connectivity index (χ1) is 8.10. The van der Waals surface area contributed by atoms with Crippen LogP contribution in [0.3, 0.4) is 0 Å². The van der Waals surface area contributed by atoms with Crippen LogP contribution in [0.25, 0.3) is 0 Å². The smallest absolute Gasteiger partial charge is 0.0800 e. The number of aryl methyl sites for hydroxylation is 1. The maximum Gasteiger partial charge on any atom is 0.0800 e. The molecule has 0 saturated carbocycles. The summed E-state index contributed by atoms with van der Waals surface area (Å²) in [5.74, 6) is 0. The molecule has 0 bridgehead atoms. The Kier molecular flexibility index (Phi) is 3.40. The summed E-state index contributed by atoms with van der Waals surface area (Å²) in [6.45, 7) is 5.64. The lowest BCUT2D eigenvalue weighted by Crippen LogP contribution is -2.57. The summed E-state index contributed by atoms with van der Waals surface area (Å²) < 4.78 is 5.70. The lowest BCUT2D eigenvalue weighted by atomic mass is 9.89. The van der Waals surface area contributed by atoms with Gasteiger partial charge in [0, 0.05) is 25.9 Å². The van der Waals surface area contributed by atoms with E-state index in [0.717, 1.165) is 13.0 Å². The largest absolute Gasteiger partial charge is 0.376 e. The normalized spacial score (nSPS) is 28.4. The van der Waals surface area contributed by atoms with Gasteiger partial charge in [0.2, 0.25) is 0 Å². The maximum absolute atomic E-state index is 6.01. The Morgan fingerprint density at radius 3 is 2.53 bits per heavy atom. The lowest BCUT2D eigenvalue weighted by molar-refractivity contribution is 0.0961. The van der Waals surface area contributed by atoms with Crippen LogP contribution in [0.15, 0.2) is 24.3 Å². The van der Waals surface area contributed by atoms with Crippen molar-refractivity contribution in [3.63, 3.8) is 0 Å². The van der Waals surface area contributed by atoms with Crippen molar-refractivity contribution >= 4 is 5.69 Å². The van der Waals surface area contributed by atoms with Crippen LogP contribution in [0.1, 0.15) is 18.9 Å². The number of nitrogens with two attached hydrogens (primary N) is 1. The Balaban J connectivity index is 2.28. The van der Waals surface area contributed by atoms with Crippen LogP contribution in [0.2, 0.25) is 0 Å². The number of hydrogen-bond donors (Lipinski definition) is 1. The van der Waals surface area contributed by atoms with Crippen LogP contribution in [-0.4, -0.2) is 31.8 Å². The zero-order valence-electron chi connectivity index (χ0n) is 10.9. The first kappa shape index (κ1) is 12.4. The molecule has 2 unspecified atom stereocenters. The highest BCUT2D eigenvalue weighted by atomic mass is 16.5. The molecule has 1 aromatic carbocycles. The number of benzene rings is 1.